The van der Waals surface area contributed by atoms with Gasteiger partial charge in [0.2, 0.25) is 0 Å². The van der Waals surface area contributed by atoms with Crippen LogP contribution in [0, 0.1) is 0 Å². The summed E-state index contributed by atoms with van der Waals surface area (Å²) in [6, 6.07) is 4.60. The molecule has 1 aromatic carbocycles. The van der Waals surface area contributed by atoms with Crippen LogP contribution in [0.25, 0.3) is 0 Å². The van der Waals surface area contributed by atoms with Gasteiger partial charge in [-0.05, 0) is 25.1 Å². The molecule has 1 rings (SSSR count). The van der Waals surface area contributed by atoms with Gasteiger partial charge >= 0.3 is 0 Å². The Morgan fingerprint density at radius 2 is 1.76 bits per heavy atom. The number of methoxy groups -OCH3 is 2. The van der Waals surface area contributed by atoms with Gasteiger partial charge < -0.3 is 9.47 Å². The second kappa shape index (κ2) is 9.38. The molecule has 0 aliphatic carbocycles. The van der Waals surface area contributed by atoms with E-state index in [1.54, 1.807) is 32.4 Å². The van der Waals surface area contributed by atoms with E-state index in [9.17, 15) is 4.79 Å². The van der Waals surface area contributed by atoms with E-state index >= 15 is 0 Å². The molecule has 1 aromatic rings. The van der Waals surface area contributed by atoms with Crippen LogP contribution in [0.5, 0.6) is 0 Å². The van der Waals surface area contributed by atoms with Crippen molar-refractivity contribution >= 4 is 29.0 Å². The molecule has 0 bridgehead atoms. The highest BCUT2D eigenvalue weighted by Crippen LogP contribution is 2.23. The molecular weight excluding hydrogens is 313 g/mol. The average Bonchev–Trinajstić information content (AvgIpc) is 2.46. The predicted octanol–water partition coefficient (Wildman–Crippen LogP) is 3.16. The highest BCUT2D eigenvalue weighted by atomic mass is 35.5. The molecule has 0 radical (unpaired) electrons. The maximum atomic E-state index is 12.6. The summed E-state index contributed by atoms with van der Waals surface area (Å²) in [4.78, 5) is 14.6. The second-order valence-electron chi connectivity index (χ2n) is 4.69. The molecule has 0 spiro atoms. The number of hydrogen-bond acceptors (Lipinski definition) is 4. The zero-order chi connectivity index (χ0) is 15.8. The molecule has 21 heavy (non-hydrogen) atoms. The Morgan fingerprint density at radius 1 is 1.19 bits per heavy atom. The first kappa shape index (κ1) is 18.4. The standard InChI is InChI=1S/C15H21Cl2NO3/c1-11(18(6-8-20-2)7-9-21-3)15(19)13-5-4-12(16)10-14(13)17/h4-5,10-11H,6-9H2,1-3H3. The highest BCUT2D eigenvalue weighted by molar-refractivity contribution is 6.37. The normalized spacial score (nSPS) is 12.7. The molecule has 1 atom stereocenters. The summed E-state index contributed by atoms with van der Waals surface area (Å²) in [5.74, 6) is -0.0381. The van der Waals surface area contributed by atoms with Crippen LogP contribution in [0.15, 0.2) is 18.2 Å². The van der Waals surface area contributed by atoms with Crippen molar-refractivity contribution in [1.82, 2.24) is 4.90 Å². The number of rotatable bonds is 9. The molecule has 0 amide bonds. The molecule has 4 nitrogen and oxygen atoms in total. The largest absolute Gasteiger partial charge is 0.383 e. The second-order valence-corrected chi connectivity index (χ2v) is 5.53. The zero-order valence-corrected chi connectivity index (χ0v) is 14.1. The molecule has 0 aromatic heterocycles. The Bertz CT molecular complexity index is 460. The Morgan fingerprint density at radius 3 is 2.24 bits per heavy atom. The van der Waals surface area contributed by atoms with Gasteiger partial charge in [0.05, 0.1) is 24.3 Å². The SMILES string of the molecule is COCCN(CCOC)C(C)C(=O)c1ccc(Cl)cc1Cl. The van der Waals surface area contributed by atoms with Crippen LogP contribution in [-0.2, 0) is 9.47 Å². The lowest BCUT2D eigenvalue weighted by molar-refractivity contribution is 0.0687. The lowest BCUT2D eigenvalue weighted by atomic mass is 10.0. The number of ketones is 1. The lowest BCUT2D eigenvalue weighted by Gasteiger charge is -2.27. The number of carbonyl (C=O) groups is 1. The highest BCUT2D eigenvalue weighted by Gasteiger charge is 2.23. The van der Waals surface area contributed by atoms with Crippen molar-refractivity contribution in [2.45, 2.75) is 13.0 Å². The quantitative estimate of drug-likeness (QED) is 0.650. The number of ether oxygens (including phenoxy) is 2. The van der Waals surface area contributed by atoms with Crippen LogP contribution in [-0.4, -0.2) is 57.2 Å². The fraction of sp³-hybridized carbons (Fsp3) is 0.533. The third-order valence-electron chi connectivity index (χ3n) is 3.29. The Hall–Kier alpha value is -0.650. The number of nitrogens with zero attached hydrogens (tertiary/aromatic N) is 1. The van der Waals surface area contributed by atoms with Crippen molar-refractivity contribution in [1.29, 1.82) is 0 Å². The summed E-state index contributed by atoms with van der Waals surface area (Å²) in [6.45, 7) is 4.26. The Balaban J connectivity index is 2.85. The van der Waals surface area contributed by atoms with Crippen molar-refractivity contribution in [3.63, 3.8) is 0 Å². The number of Topliss-reactive ketones (excluding diaryl/α,β-unsaturated/α-hetero) is 1. The van der Waals surface area contributed by atoms with Gasteiger partial charge in [-0.15, -0.1) is 0 Å². The van der Waals surface area contributed by atoms with Crippen molar-refractivity contribution in [2.75, 3.05) is 40.5 Å². The van der Waals surface area contributed by atoms with Gasteiger partial charge in [-0.25, -0.2) is 0 Å². The molecule has 118 valence electrons. The van der Waals surface area contributed by atoms with E-state index in [-0.39, 0.29) is 11.8 Å². The van der Waals surface area contributed by atoms with Crippen LogP contribution in [0.4, 0.5) is 0 Å². The van der Waals surface area contributed by atoms with Crippen LogP contribution < -0.4 is 0 Å². The van der Waals surface area contributed by atoms with E-state index in [4.69, 9.17) is 32.7 Å². The monoisotopic (exact) mass is 333 g/mol. The first-order chi connectivity index (χ1) is 10.0. The molecule has 0 heterocycles. The van der Waals surface area contributed by atoms with Crippen molar-refractivity contribution in [3.05, 3.63) is 33.8 Å². The van der Waals surface area contributed by atoms with Crippen LogP contribution in [0.1, 0.15) is 17.3 Å². The van der Waals surface area contributed by atoms with Crippen molar-refractivity contribution in [3.8, 4) is 0 Å². The van der Waals surface area contributed by atoms with Gasteiger partial charge in [0.25, 0.3) is 0 Å². The van der Waals surface area contributed by atoms with Gasteiger partial charge in [-0.2, -0.15) is 0 Å². The average molecular weight is 334 g/mol. The van der Waals surface area contributed by atoms with E-state index in [0.29, 0.717) is 41.9 Å². The minimum atomic E-state index is -0.311. The topological polar surface area (TPSA) is 38.8 Å². The molecule has 0 aliphatic rings. The summed E-state index contributed by atoms with van der Waals surface area (Å²) >= 11 is 12.0. The molecule has 0 N–H and O–H groups in total. The maximum Gasteiger partial charge on any atom is 0.181 e. The summed E-state index contributed by atoms with van der Waals surface area (Å²) in [6.07, 6.45) is 0. The van der Waals surface area contributed by atoms with E-state index in [1.807, 2.05) is 11.8 Å². The molecular formula is C15H21Cl2NO3. The van der Waals surface area contributed by atoms with E-state index in [1.165, 1.54) is 0 Å². The fourth-order valence-corrected chi connectivity index (χ4v) is 2.50. The Labute approximate surface area is 135 Å². The number of carbonyl (C=O) groups excluding carboxylic acids is 1. The molecule has 6 heteroatoms. The smallest absolute Gasteiger partial charge is 0.181 e. The van der Waals surface area contributed by atoms with Crippen LogP contribution >= 0.6 is 23.2 Å². The minimum absolute atomic E-state index is 0.0381. The number of benzene rings is 1. The number of halogens is 2. The zero-order valence-electron chi connectivity index (χ0n) is 12.6. The summed E-state index contributed by atoms with van der Waals surface area (Å²) < 4.78 is 10.2. The maximum absolute atomic E-state index is 12.6. The first-order valence-corrected chi connectivity index (χ1v) is 7.48. The van der Waals surface area contributed by atoms with Crippen molar-refractivity contribution < 1.29 is 14.3 Å². The van der Waals surface area contributed by atoms with E-state index in [0.717, 1.165) is 0 Å². The molecule has 0 aliphatic heterocycles. The number of hydrogen-bond donors (Lipinski definition) is 0. The predicted molar refractivity (Wildman–Crippen MR) is 85.6 cm³/mol. The third kappa shape index (κ3) is 5.57. The van der Waals surface area contributed by atoms with Gasteiger partial charge in [-0.1, -0.05) is 23.2 Å². The van der Waals surface area contributed by atoms with Crippen LogP contribution in [0.3, 0.4) is 0 Å². The minimum Gasteiger partial charge on any atom is -0.383 e. The summed E-state index contributed by atoms with van der Waals surface area (Å²) in [5, 5.41) is 0.887. The van der Waals surface area contributed by atoms with Gasteiger partial charge in [0, 0.05) is 37.9 Å². The molecule has 0 saturated heterocycles. The lowest BCUT2D eigenvalue weighted by Crippen LogP contribution is -2.42. The first-order valence-electron chi connectivity index (χ1n) is 6.72. The fourth-order valence-electron chi connectivity index (χ4n) is 2.00. The van der Waals surface area contributed by atoms with E-state index < -0.39 is 0 Å². The third-order valence-corrected chi connectivity index (χ3v) is 3.84. The molecule has 0 saturated carbocycles. The van der Waals surface area contributed by atoms with Gasteiger partial charge in [-0.3, -0.25) is 9.69 Å². The molecule has 0 fully saturated rings. The summed E-state index contributed by atoms with van der Waals surface area (Å²) in [5.41, 5.74) is 0.480. The molecule has 1 unspecified atom stereocenters. The van der Waals surface area contributed by atoms with Gasteiger partial charge in [0.15, 0.2) is 5.78 Å². The Kier molecular flexibility index (Phi) is 8.22. The van der Waals surface area contributed by atoms with Gasteiger partial charge in [0.1, 0.15) is 0 Å². The van der Waals surface area contributed by atoms with E-state index in [2.05, 4.69) is 0 Å². The van der Waals surface area contributed by atoms with Crippen molar-refractivity contribution in [2.24, 2.45) is 0 Å². The van der Waals surface area contributed by atoms with Crippen LogP contribution in [0.2, 0.25) is 10.0 Å². The summed E-state index contributed by atoms with van der Waals surface area (Å²) in [7, 11) is 3.27.